The summed E-state index contributed by atoms with van der Waals surface area (Å²) in [5.41, 5.74) is -0.286. The van der Waals surface area contributed by atoms with Crippen molar-refractivity contribution in [3.05, 3.63) is 28.8 Å². The molecule has 0 bridgehead atoms. The monoisotopic (exact) mass is 317 g/mol. The van der Waals surface area contributed by atoms with Gasteiger partial charge in [0.15, 0.2) is 0 Å². The van der Waals surface area contributed by atoms with E-state index in [9.17, 15) is 13.2 Å². The number of hydrogen-bond acceptors (Lipinski definition) is 3. The summed E-state index contributed by atoms with van der Waals surface area (Å²) in [6, 6.07) is 4.63. The lowest BCUT2D eigenvalue weighted by Gasteiger charge is -2.41. The maximum Gasteiger partial charge on any atom is 0.305 e. The van der Waals surface area contributed by atoms with Gasteiger partial charge in [0.2, 0.25) is 10.0 Å². The fourth-order valence-electron chi connectivity index (χ4n) is 2.41. The van der Waals surface area contributed by atoms with Crippen LogP contribution in [-0.2, 0) is 14.8 Å². The second kappa shape index (κ2) is 5.35. The number of aryl methyl sites for hydroxylation is 1. The Hall–Kier alpha value is -1.11. The minimum absolute atomic E-state index is 0.0988. The molecule has 1 aliphatic rings. The zero-order valence-corrected chi connectivity index (χ0v) is 12.6. The van der Waals surface area contributed by atoms with E-state index in [4.69, 9.17) is 16.7 Å². The Morgan fingerprint density at radius 3 is 2.60 bits per heavy atom. The van der Waals surface area contributed by atoms with Gasteiger partial charge in [-0.2, -0.15) is 0 Å². The van der Waals surface area contributed by atoms with Crippen LogP contribution in [0, 0.1) is 6.92 Å². The Balaban J connectivity index is 2.31. The second-order valence-corrected chi connectivity index (χ2v) is 7.31. The zero-order valence-electron chi connectivity index (χ0n) is 11.0. The Morgan fingerprint density at radius 1 is 1.45 bits per heavy atom. The van der Waals surface area contributed by atoms with Crippen molar-refractivity contribution in [2.45, 2.75) is 43.0 Å². The number of rotatable bonds is 5. The third-order valence-electron chi connectivity index (χ3n) is 3.59. The number of nitrogens with one attached hydrogen (secondary N) is 1. The van der Waals surface area contributed by atoms with E-state index < -0.39 is 21.5 Å². The Labute approximate surface area is 123 Å². The van der Waals surface area contributed by atoms with Crippen molar-refractivity contribution in [2.24, 2.45) is 0 Å². The Bertz CT molecular complexity index is 638. The zero-order chi connectivity index (χ0) is 15.0. The number of benzene rings is 1. The number of halogens is 1. The van der Waals surface area contributed by atoms with Crippen molar-refractivity contribution in [1.82, 2.24) is 4.72 Å². The lowest BCUT2D eigenvalue weighted by Crippen LogP contribution is -2.54. The van der Waals surface area contributed by atoms with Crippen LogP contribution in [-0.4, -0.2) is 25.0 Å². The molecule has 0 radical (unpaired) electrons. The van der Waals surface area contributed by atoms with E-state index >= 15 is 0 Å². The first-order valence-corrected chi connectivity index (χ1v) is 8.12. The molecule has 7 heteroatoms. The van der Waals surface area contributed by atoms with Crippen molar-refractivity contribution >= 4 is 27.6 Å². The molecule has 1 aromatic carbocycles. The molecule has 1 saturated carbocycles. The molecule has 20 heavy (non-hydrogen) atoms. The molecule has 2 N–H and O–H groups in total. The van der Waals surface area contributed by atoms with Gasteiger partial charge in [0.05, 0.1) is 11.3 Å². The summed E-state index contributed by atoms with van der Waals surface area (Å²) in [5, 5.41) is 9.25. The molecule has 0 unspecified atom stereocenters. The number of aliphatic carboxylic acids is 1. The van der Waals surface area contributed by atoms with E-state index in [2.05, 4.69) is 4.72 Å². The van der Waals surface area contributed by atoms with Gasteiger partial charge in [-0.1, -0.05) is 17.7 Å². The first-order chi connectivity index (χ1) is 9.24. The fraction of sp³-hybridized carbons (Fsp3) is 0.462. The van der Waals surface area contributed by atoms with Crippen molar-refractivity contribution in [3.8, 4) is 0 Å². The number of hydrogen-bond donors (Lipinski definition) is 2. The molecule has 0 saturated heterocycles. The first kappa shape index (κ1) is 15.3. The van der Waals surface area contributed by atoms with Gasteiger partial charge in [0.1, 0.15) is 0 Å². The van der Waals surface area contributed by atoms with Crippen LogP contribution in [0.5, 0.6) is 0 Å². The largest absolute Gasteiger partial charge is 0.481 e. The molecule has 2 rings (SSSR count). The highest BCUT2D eigenvalue weighted by Crippen LogP contribution is 2.36. The summed E-state index contributed by atoms with van der Waals surface area (Å²) < 4.78 is 27.4. The molecule has 0 heterocycles. The van der Waals surface area contributed by atoms with Crippen molar-refractivity contribution in [1.29, 1.82) is 0 Å². The van der Waals surface area contributed by atoms with Crippen LogP contribution < -0.4 is 4.72 Å². The summed E-state index contributed by atoms with van der Waals surface area (Å²) in [6.45, 7) is 1.68. The lowest BCUT2D eigenvalue weighted by atomic mass is 9.75. The first-order valence-electron chi connectivity index (χ1n) is 6.26. The summed E-state index contributed by atoms with van der Waals surface area (Å²) in [6.07, 6.45) is 1.70. The molecular formula is C13H16ClNO4S. The Kier molecular flexibility index (Phi) is 4.09. The predicted octanol–water partition coefficient (Wildman–Crippen LogP) is 2.32. The van der Waals surface area contributed by atoms with Crippen molar-refractivity contribution < 1.29 is 18.3 Å². The normalized spacial score (nSPS) is 17.5. The van der Waals surface area contributed by atoms with Gasteiger partial charge in [-0.15, -0.1) is 0 Å². The van der Waals surface area contributed by atoms with E-state index in [0.29, 0.717) is 23.4 Å². The van der Waals surface area contributed by atoms with E-state index in [1.807, 2.05) is 0 Å². The molecule has 0 atom stereocenters. The molecule has 0 spiro atoms. The molecular weight excluding hydrogens is 302 g/mol. The maximum absolute atomic E-state index is 12.4. The summed E-state index contributed by atoms with van der Waals surface area (Å²) >= 11 is 5.84. The fourth-order valence-corrected chi connectivity index (χ4v) is 4.38. The minimum atomic E-state index is -3.78. The number of carboxylic acids is 1. The third-order valence-corrected chi connectivity index (χ3v) is 5.55. The van der Waals surface area contributed by atoms with Crippen molar-refractivity contribution in [2.75, 3.05) is 0 Å². The lowest BCUT2D eigenvalue weighted by molar-refractivity contribution is -0.139. The Morgan fingerprint density at radius 2 is 2.10 bits per heavy atom. The van der Waals surface area contributed by atoms with Gasteiger partial charge in [-0.3, -0.25) is 4.79 Å². The highest BCUT2D eigenvalue weighted by Gasteiger charge is 2.42. The van der Waals surface area contributed by atoms with Crippen LogP contribution in [0.1, 0.15) is 31.2 Å². The van der Waals surface area contributed by atoms with Crippen LogP contribution in [0.15, 0.2) is 23.1 Å². The number of carboxylic acid groups (broad SMARTS) is 1. The highest BCUT2D eigenvalue weighted by atomic mass is 35.5. The van der Waals surface area contributed by atoms with Gasteiger partial charge in [0.25, 0.3) is 0 Å². The maximum atomic E-state index is 12.4. The van der Waals surface area contributed by atoms with Gasteiger partial charge >= 0.3 is 5.97 Å². The van der Waals surface area contributed by atoms with E-state index in [1.165, 1.54) is 6.07 Å². The van der Waals surface area contributed by atoms with Crippen LogP contribution in [0.4, 0.5) is 0 Å². The molecule has 0 aromatic heterocycles. The van der Waals surface area contributed by atoms with Crippen LogP contribution in [0.2, 0.25) is 5.02 Å². The molecule has 0 amide bonds. The van der Waals surface area contributed by atoms with Gasteiger partial charge in [0, 0.05) is 10.6 Å². The van der Waals surface area contributed by atoms with Crippen LogP contribution >= 0.6 is 11.6 Å². The predicted molar refractivity (Wildman–Crippen MR) is 75.3 cm³/mol. The highest BCUT2D eigenvalue weighted by molar-refractivity contribution is 7.89. The summed E-state index contributed by atoms with van der Waals surface area (Å²) in [7, 11) is -3.78. The molecule has 1 aromatic rings. The summed E-state index contributed by atoms with van der Waals surface area (Å²) in [5.74, 6) is -1.00. The van der Waals surface area contributed by atoms with Crippen LogP contribution in [0.3, 0.4) is 0 Å². The average molecular weight is 318 g/mol. The van der Waals surface area contributed by atoms with Gasteiger partial charge in [-0.25, -0.2) is 13.1 Å². The number of carbonyl (C=O) groups is 1. The average Bonchev–Trinajstić information content (AvgIpc) is 2.28. The minimum Gasteiger partial charge on any atom is -0.481 e. The molecule has 0 aliphatic heterocycles. The van der Waals surface area contributed by atoms with Crippen LogP contribution in [0.25, 0.3) is 0 Å². The molecule has 110 valence electrons. The molecule has 1 fully saturated rings. The van der Waals surface area contributed by atoms with Crippen molar-refractivity contribution in [3.63, 3.8) is 0 Å². The number of sulfonamides is 1. The van der Waals surface area contributed by atoms with E-state index in [-0.39, 0.29) is 11.3 Å². The molecule has 1 aliphatic carbocycles. The third kappa shape index (κ3) is 3.13. The van der Waals surface area contributed by atoms with E-state index in [1.54, 1.807) is 19.1 Å². The second-order valence-electron chi connectivity index (χ2n) is 5.22. The molecule has 5 nitrogen and oxygen atoms in total. The quantitative estimate of drug-likeness (QED) is 0.873. The topological polar surface area (TPSA) is 83.5 Å². The smallest absolute Gasteiger partial charge is 0.305 e. The standard InChI is InChI=1S/C13H16ClNO4S/c1-9-3-4-10(14)7-11(9)20(18,19)15-13(5-2-6-13)8-12(16)17/h3-4,7,15H,2,5-6,8H2,1H3,(H,16,17). The SMILES string of the molecule is Cc1ccc(Cl)cc1S(=O)(=O)NC1(CC(=O)O)CCC1. The summed E-state index contributed by atoms with van der Waals surface area (Å²) in [4.78, 5) is 11.0. The van der Waals surface area contributed by atoms with Gasteiger partial charge in [-0.05, 0) is 43.9 Å². The van der Waals surface area contributed by atoms with Gasteiger partial charge < -0.3 is 5.11 Å². The van der Waals surface area contributed by atoms with E-state index in [0.717, 1.165) is 6.42 Å².